The van der Waals surface area contributed by atoms with Gasteiger partial charge in [0, 0.05) is 24.6 Å². The highest BCUT2D eigenvalue weighted by atomic mass is 79.9. The number of aromatic nitrogens is 1. The number of anilines is 2. The normalized spacial score (nSPS) is 15.9. The molecule has 6 nitrogen and oxygen atoms in total. The van der Waals surface area contributed by atoms with Crippen LogP contribution in [-0.2, 0) is 19.7 Å². The molecule has 0 bridgehead atoms. The number of hydrogen-bond acceptors (Lipinski definition) is 4. The number of amides is 2. The largest absolute Gasteiger partial charge is 0.381 e. The third-order valence-corrected chi connectivity index (χ3v) is 5.03. The molecular formula is C19H20BrN3O3. The van der Waals surface area contributed by atoms with Crippen molar-refractivity contribution in [3.63, 3.8) is 0 Å². The lowest BCUT2D eigenvalue weighted by atomic mass is 9.73. The molecule has 0 saturated carbocycles. The maximum absolute atomic E-state index is 13.1. The van der Waals surface area contributed by atoms with Gasteiger partial charge in [-0.15, -0.1) is 0 Å². The van der Waals surface area contributed by atoms with Gasteiger partial charge in [-0.05, 0) is 42.7 Å². The van der Waals surface area contributed by atoms with E-state index in [1.165, 1.54) is 13.1 Å². The summed E-state index contributed by atoms with van der Waals surface area (Å²) in [6.45, 7) is 2.51. The maximum Gasteiger partial charge on any atom is 0.236 e. The van der Waals surface area contributed by atoms with Crippen LogP contribution in [0, 0.1) is 0 Å². The Hall–Kier alpha value is -2.25. The lowest BCUT2D eigenvalue weighted by Crippen LogP contribution is -2.45. The lowest BCUT2D eigenvalue weighted by molar-refractivity contribution is -0.125. The number of benzene rings is 1. The van der Waals surface area contributed by atoms with Crippen molar-refractivity contribution in [2.45, 2.75) is 25.2 Å². The Bertz CT molecular complexity index is 785. The van der Waals surface area contributed by atoms with Crippen LogP contribution in [0.25, 0.3) is 0 Å². The van der Waals surface area contributed by atoms with Crippen LogP contribution in [-0.4, -0.2) is 30.0 Å². The Morgan fingerprint density at radius 2 is 1.77 bits per heavy atom. The average molecular weight is 418 g/mol. The zero-order chi connectivity index (χ0) is 18.6. The smallest absolute Gasteiger partial charge is 0.236 e. The summed E-state index contributed by atoms with van der Waals surface area (Å²) in [7, 11) is 0. The zero-order valence-corrected chi connectivity index (χ0v) is 16.0. The van der Waals surface area contributed by atoms with Crippen molar-refractivity contribution in [1.82, 2.24) is 4.98 Å². The molecule has 0 spiro atoms. The molecule has 1 fully saturated rings. The average Bonchev–Trinajstić information content (AvgIpc) is 2.64. The number of carbonyl (C=O) groups excluding carboxylic acids is 2. The minimum absolute atomic E-state index is 0.0945. The molecule has 2 amide bonds. The van der Waals surface area contributed by atoms with Crippen molar-refractivity contribution in [1.29, 1.82) is 0 Å². The van der Waals surface area contributed by atoms with Gasteiger partial charge in [0.05, 0.1) is 17.3 Å². The van der Waals surface area contributed by atoms with E-state index in [1.807, 2.05) is 24.3 Å². The number of carbonyl (C=O) groups is 2. The van der Waals surface area contributed by atoms with Gasteiger partial charge in [0.25, 0.3) is 0 Å². The second kappa shape index (κ2) is 7.97. The first kappa shape index (κ1) is 18.5. The number of pyridine rings is 1. The molecule has 1 aromatic carbocycles. The third kappa shape index (κ3) is 4.11. The number of hydrogen-bond donors (Lipinski definition) is 2. The van der Waals surface area contributed by atoms with Crippen molar-refractivity contribution in [3.8, 4) is 0 Å². The first-order valence-electron chi connectivity index (χ1n) is 8.38. The van der Waals surface area contributed by atoms with Gasteiger partial charge < -0.3 is 15.4 Å². The van der Waals surface area contributed by atoms with Gasteiger partial charge in [0.15, 0.2) is 0 Å². The summed E-state index contributed by atoms with van der Waals surface area (Å²) < 4.78 is 6.45. The van der Waals surface area contributed by atoms with E-state index >= 15 is 0 Å². The van der Waals surface area contributed by atoms with E-state index in [9.17, 15) is 9.59 Å². The Morgan fingerprint density at radius 1 is 1.08 bits per heavy atom. The van der Waals surface area contributed by atoms with Gasteiger partial charge in [0.2, 0.25) is 11.8 Å². The Balaban J connectivity index is 1.82. The van der Waals surface area contributed by atoms with E-state index in [-0.39, 0.29) is 11.8 Å². The molecule has 0 radical (unpaired) electrons. The molecule has 0 unspecified atom stereocenters. The van der Waals surface area contributed by atoms with Gasteiger partial charge in [-0.2, -0.15) is 0 Å². The van der Waals surface area contributed by atoms with Crippen LogP contribution < -0.4 is 10.6 Å². The summed E-state index contributed by atoms with van der Waals surface area (Å²) in [6, 6.07) is 11.2. The van der Waals surface area contributed by atoms with E-state index in [0.717, 1.165) is 10.0 Å². The number of nitrogens with zero attached hydrogens (tertiary/aromatic N) is 1. The summed E-state index contributed by atoms with van der Waals surface area (Å²) in [5.74, 6) is 0.190. The Morgan fingerprint density at radius 3 is 2.35 bits per heavy atom. The minimum Gasteiger partial charge on any atom is -0.381 e. The summed E-state index contributed by atoms with van der Waals surface area (Å²) in [5, 5.41) is 5.57. The highest BCUT2D eigenvalue weighted by molar-refractivity contribution is 9.10. The summed E-state index contributed by atoms with van der Waals surface area (Å²) >= 11 is 3.44. The third-order valence-electron chi connectivity index (χ3n) is 4.50. The van der Waals surface area contributed by atoms with Crippen molar-refractivity contribution in [2.24, 2.45) is 0 Å². The quantitative estimate of drug-likeness (QED) is 0.797. The topological polar surface area (TPSA) is 80.3 Å². The highest BCUT2D eigenvalue weighted by Crippen LogP contribution is 2.36. The van der Waals surface area contributed by atoms with Crippen molar-refractivity contribution in [2.75, 3.05) is 23.8 Å². The highest BCUT2D eigenvalue weighted by Gasteiger charge is 2.41. The lowest BCUT2D eigenvalue weighted by Gasteiger charge is -2.36. The molecule has 7 heteroatoms. The van der Waals surface area contributed by atoms with Gasteiger partial charge in [-0.25, -0.2) is 4.98 Å². The fourth-order valence-corrected chi connectivity index (χ4v) is 3.38. The molecule has 2 aromatic rings. The number of rotatable bonds is 4. The van der Waals surface area contributed by atoms with Crippen LogP contribution in [0.5, 0.6) is 0 Å². The van der Waals surface area contributed by atoms with Crippen LogP contribution >= 0.6 is 15.9 Å². The second-order valence-corrected chi connectivity index (χ2v) is 7.18. The molecule has 26 heavy (non-hydrogen) atoms. The number of halogens is 1. The van der Waals surface area contributed by atoms with Crippen molar-refractivity contribution < 1.29 is 14.3 Å². The molecule has 1 saturated heterocycles. The first-order valence-corrected chi connectivity index (χ1v) is 9.18. The molecule has 2 heterocycles. The number of ether oxygens (including phenoxy) is 1. The summed E-state index contributed by atoms with van der Waals surface area (Å²) in [6.07, 6.45) is 2.75. The van der Waals surface area contributed by atoms with Crippen LogP contribution in [0.1, 0.15) is 25.3 Å². The van der Waals surface area contributed by atoms with Gasteiger partial charge in [0.1, 0.15) is 5.82 Å². The van der Waals surface area contributed by atoms with E-state index < -0.39 is 5.41 Å². The molecule has 1 aromatic heterocycles. The van der Waals surface area contributed by atoms with Crippen LogP contribution in [0.3, 0.4) is 0 Å². The van der Waals surface area contributed by atoms with Crippen LogP contribution in [0.15, 0.2) is 47.1 Å². The molecule has 2 N–H and O–H groups in total. The van der Waals surface area contributed by atoms with E-state index in [0.29, 0.717) is 37.6 Å². The standard InChI is InChI=1S/C19H20BrN3O3/c1-13(24)22-16-6-7-17(21-12-16)23-18(25)19(8-10-26-11-9-19)14-2-4-15(20)5-3-14/h2-7,12H,8-11H2,1H3,(H,22,24)(H,21,23,25). The molecular weight excluding hydrogens is 398 g/mol. The minimum atomic E-state index is -0.642. The van der Waals surface area contributed by atoms with Crippen molar-refractivity contribution >= 4 is 39.2 Å². The molecule has 0 atom stereocenters. The van der Waals surface area contributed by atoms with Crippen LogP contribution in [0.2, 0.25) is 0 Å². The second-order valence-electron chi connectivity index (χ2n) is 6.27. The number of nitrogens with one attached hydrogen (secondary N) is 2. The Kier molecular flexibility index (Phi) is 5.68. The van der Waals surface area contributed by atoms with Gasteiger partial charge >= 0.3 is 0 Å². The SMILES string of the molecule is CC(=O)Nc1ccc(NC(=O)C2(c3ccc(Br)cc3)CCOCC2)nc1. The Labute approximate surface area is 160 Å². The van der Waals surface area contributed by atoms with E-state index in [4.69, 9.17) is 4.74 Å². The fraction of sp³-hybridized carbons (Fsp3) is 0.316. The van der Waals surface area contributed by atoms with Gasteiger partial charge in [-0.1, -0.05) is 28.1 Å². The fourth-order valence-electron chi connectivity index (χ4n) is 3.12. The molecule has 0 aliphatic carbocycles. The first-order chi connectivity index (χ1) is 12.5. The van der Waals surface area contributed by atoms with Crippen LogP contribution in [0.4, 0.5) is 11.5 Å². The molecule has 1 aliphatic heterocycles. The zero-order valence-electron chi connectivity index (χ0n) is 14.4. The van der Waals surface area contributed by atoms with Gasteiger partial charge in [-0.3, -0.25) is 9.59 Å². The van der Waals surface area contributed by atoms with E-state index in [1.54, 1.807) is 12.1 Å². The summed E-state index contributed by atoms with van der Waals surface area (Å²) in [5.41, 5.74) is 0.914. The monoisotopic (exact) mass is 417 g/mol. The predicted molar refractivity (Wildman–Crippen MR) is 103 cm³/mol. The summed E-state index contributed by atoms with van der Waals surface area (Å²) in [4.78, 5) is 28.5. The predicted octanol–water partition coefficient (Wildman–Crippen LogP) is 3.49. The molecule has 136 valence electrons. The van der Waals surface area contributed by atoms with E-state index in [2.05, 4.69) is 31.5 Å². The maximum atomic E-state index is 13.1. The molecule has 1 aliphatic rings. The van der Waals surface area contributed by atoms with Crippen molar-refractivity contribution in [3.05, 3.63) is 52.6 Å². The molecule has 3 rings (SSSR count).